The fourth-order valence-corrected chi connectivity index (χ4v) is 2.91. The molecule has 1 amide bonds. The standard InChI is InChI=1S/C16H22N2O3/c1-11-5-7-12(8-6-11)18(10-14(19)20)15(21)16(2)9-3-4-13(16)17/h5-8,13H,3-4,9-10,17H2,1-2H3,(H,19,20). The van der Waals surface area contributed by atoms with Crippen LogP contribution in [0.3, 0.4) is 0 Å². The molecule has 3 N–H and O–H groups in total. The van der Waals surface area contributed by atoms with Crippen molar-refractivity contribution in [1.82, 2.24) is 0 Å². The number of aryl methyl sites for hydroxylation is 1. The number of anilines is 1. The predicted molar refractivity (Wildman–Crippen MR) is 81.1 cm³/mol. The Labute approximate surface area is 124 Å². The highest BCUT2D eigenvalue weighted by Gasteiger charge is 2.45. The lowest BCUT2D eigenvalue weighted by molar-refractivity contribution is -0.138. The molecule has 5 heteroatoms. The number of benzene rings is 1. The number of aliphatic carboxylic acids is 1. The molecule has 21 heavy (non-hydrogen) atoms. The Bertz CT molecular complexity index is 541. The van der Waals surface area contributed by atoms with Gasteiger partial charge < -0.3 is 15.7 Å². The quantitative estimate of drug-likeness (QED) is 0.887. The zero-order chi connectivity index (χ0) is 15.6. The minimum absolute atomic E-state index is 0.196. The van der Waals surface area contributed by atoms with Crippen LogP contribution in [0.5, 0.6) is 0 Å². The molecule has 0 bridgehead atoms. The SMILES string of the molecule is Cc1ccc(N(CC(=O)O)C(=O)C2(C)CCCC2N)cc1. The van der Waals surface area contributed by atoms with Gasteiger partial charge in [0.05, 0.1) is 5.41 Å². The molecule has 0 saturated heterocycles. The summed E-state index contributed by atoms with van der Waals surface area (Å²) in [4.78, 5) is 25.4. The van der Waals surface area contributed by atoms with Crippen molar-refractivity contribution in [1.29, 1.82) is 0 Å². The van der Waals surface area contributed by atoms with Crippen molar-refractivity contribution in [3.63, 3.8) is 0 Å². The van der Waals surface area contributed by atoms with Crippen molar-refractivity contribution in [2.75, 3.05) is 11.4 Å². The van der Waals surface area contributed by atoms with Gasteiger partial charge in [-0.05, 0) is 38.8 Å². The summed E-state index contributed by atoms with van der Waals surface area (Å²) < 4.78 is 0. The Morgan fingerprint density at radius 3 is 2.48 bits per heavy atom. The maximum absolute atomic E-state index is 12.9. The lowest BCUT2D eigenvalue weighted by Gasteiger charge is -2.33. The number of hydrogen-bond donors (Lipinski definition) is 2. The first-order valence-electron chi connectivity index (χ1n) is 7.20. The van der Waals surface area contributed by atoms with Crippen LogP contribution in [-0.2, 0) is 9.59 Å². The van der Waals surface area contributed by atoms with Crippen LogP contribution in [0.1, 0.15) is 31.7 Å². The third-order valence-electron chi connectivity index (χ3n) is 4.40. The summed E-state index contributed by atoms with van der Waals surface area (Å²) in [6, 6.07) is 7.08. The van der Waals surface area contributed by atoms with Gasteiger partial charge >= 0.3 is 5.97 Å². The van der Waals surface area contributed by atoms with Gasteiger partial charge in [-0.15, -0.1) is 0 Å². The fourth-order valence-electron chi connectivity index (χ4n) is 2.91. The van der Waals surface area contributed by atoms with E-state index < -0.39 is 11.4 Å². The van der Waals surface area contributed by atoms with Gasteiger partial charge in [0.25, 0.3) is 0 Å². The zero-order valence-corrected chi connectivity index (χ0v) is 12.5. The molecule has 1 saturated carbocycles. The molecule has 0 spiro atoms. The second-order valence-electron chi connectivity index (χ2n) is 6.04. The highest BCUT2D eigenvalue weighted by atomic mass is 16.4. The summed E-state index contributed by atoms with van der Waals surface area (Å²) in [5, 5.41) is 9.12. The number of carbonyl (C=O) groups is 2. The Hall–Kier alpha value is -1.88. The van der Waals surface area contributed by atoms with E-state index in [0.717, 1.165) is 18.4 Å². The van der Waals surface area contributed by atoms with E-state index in [4.69, 9.17) is 10.8 Å². The number of nitrogens with two attached hydrogens (primary N) is 1. The second kappa shape index (κ2) is 5.85. The number of hydrogen-bond acceptors (Lipinski definition) is 3. The first kappa shape index (κ1) is 15.5. The molecule has 0 radical (unpaired) electrons. The first-order valence-corrected chi connectivity index (χ1v) is 7.20. The van der Waals surface area contributed by atoms with E-state index in [1.54, 1.807) is 12.1 Å². The van der Waals surface area contributed by atoms with Gasteiger partial charge in [-0.2, -0.15) is 0 Å². The van der Waals surface area contributed by atoms with Crippen LogP contribution in [0.4, 0.5) is 5.69 Å². The summed E-state index contributed by atoms with van der Waals surface area (Å²) in [7, 11) is 0. The summed E-state index contributed by atoms with van der Waals surface area (Å²) >= 11 is 0. The third kappa shape index (κ3) is 3.08. The maximum Gasteiger partial charge on any atom is 0.323 e. The smallest absolute Gasteiger partial charge is 0.323 e. The number of carboxylic acid groups (broad SMARTS) is 1. The monoisotopic (exact) mass is 290 g/mol. The number of nitrogens with zero attached hydrogens (tertiary/aromatic N) is 1. The topological polar surface area (TPSA) is 83.6 Å². The number of amides is 1. The van der Waals surface area contributed by atoms with Gasteiger partial charge in [-0.3, -0.25) is 9.59 Å². The van der Waals surface area contributed by atoms with Crippen LogP contribution in [-0.4, -0.2) is 29.6 Å². The van der Waals surface area contributed by atoms with E-state index in [1.807, 2.05) is 26.0 Å². The molecule has 114 valence electrons. The van der Waals surface area contributed by atoms with Gasteiger partial charge in [-0.25, -0.2) is 0 Å². The van der Waals surface area contributed by atoms with Gasteiger partial charge in [-0.1, -0.05) is 24.1 Å². The van der Waals surface area contributed by atoms with Crippen molar-refractivity contribution in [2.24, 2.45) is 11.1 Å². The highest BCUT2D eigenvalue weighted by molar-refractivity contribution is 6.01. The minimum Gasteiger partial charge on any atom is -0.480 e. The van der Waals surface area contributed by atoms with E-state index >= 15 is 0 Å². The van der Waals surface area contributed by atoms with Crippen molar-refractivity contribution >= 4 is 17.6 Å². The van der Waals surface area contributed by atoms with Crippen LogP contribution in [0.2, 0.25) is 0 Å². The fraction of sp³-hybridized carbons (Fsp3) is 0.500. The average Bonchev–Trinajstić information content (AvgIpc) is 2.77. The van der Waals surface area contributed by atoms with E-state index in [2.05, 4.69) is 0 Å². The van der Waals surface area contributed by atoms with Gasteiger partial charge in [0, 0.05) is 11.7 Å². The van der Waals surface area contributed by atoms with Crippen LogP contribution in [0, 0.1) is 12.3 Å². The van der Waals surface area contributed by atoms with E-state index in [-0.39, 0.29) is 18.5 Å². The predicted octanol–water partition coefficient (Wildman–Crippen LogP) is 1.93. The minimum atomic E-state index is -1.03. The average molecular weight is 290 g/mol. The number of carboxylic acids is 1. The van der Waals surface area contributed by atoms with Crippen LogP contribution < -0.4 is 10.6 Å². The molecule has 2 rings (SSSR count). The van der Waals surface area contributed by atoms with Crippen LogP contribution in [0.15, 0.2) is 24.3 Å². The summed E-state index contributed by atoms with van der Waals surface area (Å²) in [5.41, 5.74) is 7.08. The molecule has 2 unspecified atom stereocenters. The van der Waals surface area contributed by atoms with Gasteiger partial charge in [0.1, 0.15) is 6.54 Å². The van der Waals surface area contributed by atoms with Crippen LogP contribution >= 0.6 is 0 Å². The molecule has 1 aliphatic carbocycles. The lowest BCUT2D eigenvalue weighted by Crippen LogP contribution is -2.50. The van der Waals surface area contributed by atoms with Crippen molar-refractivity contribution in [3.8, 4) is 0 Å². The molecule has 1 aliphatic rings. The molecule has 0 aliphatic heterocycles. The Balaban J connectivity index is 2.33. The second-order valence-corrected chi connectivity index (χ2v) is 6.04. The van der Waals surface area contributed by atoms with Crippen molar-refractivity contribution in [3.05, 3.63) is 29.8 Å². The van der Waals surface area contributed by atoms with Crippen molar-refractivity contribution < 1.29 is 14.7 Å². The molecule has 2 atom stereocenters. The largest absolute Gasteiger partial charge is 0.480 e. The zero-order valence-electron chi connectivity index (χ0n) is 12.5. The molecule has 1 aromatic carbocycles. The normalized spacial score (nSPS) is 24.8. The molecule has 0 aromatic heterocycles. The molecule has 1 fully saturated rings. The van der Waals surface area contributed by atoms with Crippen LogP contribution in [0.25, 0.3) is 0 Å². The Morgan fingerprint density at radius 2 is 2.00 bits per heavy atom. The Morgan fingerprint density at radius 1 is 1.38 bits per heavy atom. The van der Waals surface area contributed by atoms with Gasteiger partial charge in [0.15, 0.2) is 0 Å². The molecular formula is C16H22N2O3. The number of carbonyl (C=O) groups excluding carboxylic acids is 1. The molecule has 0 heterocycles. The highest BCUT2D eigenvalue weighted by Crippen LogP contribution is 2.39. The van der Waals surface area contributed by atoms with Crippen molar-refractivity contribution in [2.45, 2.75) is 39.2 Å². The van der Waals surface area contributed by atoms with E-state index in [9.17, 15) is 9.59 Å². The Kier molecular flexibility index (Phi) is 4.32. The van der Waals surface area contributed by atoms with E-state index in [1.165, 1.54) is 4.90 Å². The van der Waals surface area contributed by atoms with E-state index in [0.29, 0.717) is 12.1 Å². The summed E-state index contributed by atoms with van der Waals surface area (Å²) in [5.74, 6) is -1.22. The lowest BCUT2D eigenvalue weighted by atomic mass is 9.83. The molecule has 1 aromatic rings. The maximum atomic E-state index is 12.9. The molecular weight excluding hydrogens is 268 g/mol. The number of rotatable bonds is 4. The molecule has 5 nitrogen and oxygen atoms in total. The summed E-state index contributed by atoms with van der Waals surface area (Å²) in [6.07, 6.45) is 2.41. The summed E-state index contributed by atoms with van der Waals surface area (Å²) in [6.45, 7) is 3.45. The van der Waals surface area contributed by atoms with Gasteiger partial charge in [0.2, 0.25) is 5.91 Å². The third-order valence-corrected chi connectivity index (χ3v) is 4.40. The first-order chi connectivity index (χ1) is 9.84.